The second kappa shape index (κ2) is 8.92. The summed E-state index contributed by atoms with van der Waals surface area (Å²) in [6.45, 7) is 0.275. The maximum absolute atomic E-state index is 13.1. The molecule has 2 aromatic carbocycles. The Balaban J connectivity index is 1.35. The monoisotopic (exact) mass is 484 g/mol. The van der Waals surface area contributed by atoms with E-state index in [0.29, 0.717) is 0 Å². The van der Waals surface area contributed by atoms with Gasteiger partial charge in [0.25, 0.3) is 5.91 Å². The molecule has 0 atom stereocenters. The van der Waals surface area contributed by atoms with Crippen LogP contribution in [0.1, 0.15) is 10.4 Å². The van der Waals surface area contributed by atoms with Gasteiger partial charge in [-0.1, -0.05) is 6.07 Å². The van der Waals surface area contributed by atoms with E-state index in [9.17, 15) is 26.8 Å². The van der Waals surface area contributed by atoms with E-state index in [1.165, 1.54) is 40.7 Å². The van der Waals surface area contributed by atoms with Gasteiger partial charge >= 0.3 is 12.3 Å². The highest BCUT2D eigenvalue weighted by Gasteiger charge is 2.43. The Morgan fingerprint density at radius 1 is 1.06 bits per heavy atom. The van der Waals surface area contributed by atoms with Crippen molar-refractivity contribution in [3.8, 4) is 11.5 Å². The van der Waals surface area contributed by atoms with E-state index in [1.807, 2.05) is 0 Å². The van der Waals surface area contributed by atoms with Crippen molar-refractivity contribution in [1.82, 2.24) is 4.31 Å². The smallest absolute Gasteiger partial charge is 0.452 e. The molecule has 0 bridgehead atoms. The Morgan fingerprint density at radius 3 is 2.55 bits per heavy atom. The van der Waals surface area contributed by atoms with Crippen LogP contribution < -0.4 is 14.8 Å². The molecule has 4 rings (SSSR count). The quantitative estimate of drug-likeness (QED) is 0.617. The Kier molecular flexibility index (Phi) is 6.19. The fourth-order valence-corrected chi connectivity index (χ4v) is 4.61. The van der Waals surface area contributed by atoms with Crippen molar-refractivity contribution in [2.45, 2.75) is 11.2 Å². The van der Waals surface area contributed by atoms with Crippen molar-refractivity contribution in [1.29, 1.82) is 0 Å². The van der Waals surface area contributed by atoms with E-state index >= 15 is 0 Å². The molecule has 0 unspecified atom stereocenters. The van der Waals surface area contributed by atoms with Gasteiger partial charge in [0.2, 0.25) is 10.0 Å². The lowest BCUT2D eigenvalue weighted by Crippen LogP contribution is -2.40. The molecule has 0 aliphatic carbocycles. The Hall–Kier alpha value is -3.29. The van der Waals surface area contributed by atoms with Gasteiger partial charge in [0, 0.05) is 24.8 Å². The van der Waals surface area contributed by atoms with Crippen LogP contribution in [0.4, 0.5) is 14.5 Å². The number of hydrogen-bond donors (Lipinski definition) is 1. The summed E-state index contributed by atoms with van der Waals surface area (Å²) in [6, 6.07) is 8.92. The first-order valence-corrected chi connectivity index (χ1v) is 11.1. The summed E-state index contributed by atoms with van der Waals surface area (Å²) >= 11 is 0. The van der Waals surface area contributed by atoms with Crippen molar-refractivity contribution in [2.24, 2.45) is 0 Å². The number of rotatable bonds is 6. The molecule has 1 fully saturated rings. The number of esters is 1. The molecular formula is C20H18F2N2O8S. The third kappa shape index (κ3) is 5.21. The standard InChI is InChI=1S/C20H18F2N2O8S/c21-20(22)31-16-5-4-14(11-17(16)32-20)23-18(25)12-30-19(26)13-2-1-3-15(10-13)33(27,28)24-6-8-29-9-7-24/h1-5,10-11H,6-9,12H2,(H,23,25). The minimum absolute atomic E-state index is 0.0533. The van der Waals surface area contributed by atoms with Crippen LogP contribution in [0.25, 0.3) is 0 Å². The highest BCUT2D eigenvalue weighted by Crippen LogP contribution is 2.42. The van der Waals surface area contributed by atoms with Gasteiger partial charge in [0.15, 0.2) is 18.1 Å². The molecule has 13 heteroatoms. The number of benzene rings is 2. The van der Waals surface area contributed by atoms with Gasteiger partial charge in [-0.2, -0.15) is 4.31 Å². The molecule has 10 nitrogen and oxygen atoms in total. The summed E-state index contributed by atoms with van der Waals surface area (Å²) in [5.74, 6) is -2.09. The van der Waals surface area contributed by atoms with Crippen molar-refractivity contribution in [3.63, 3.8) is 0 Å². The van der Waals surface area contributed by atoms with E-state index in [1.54, 1.807) is 0 Å². The number of nitrogens with zero attached hydrogens (tertiary/aromatic N) is 1. The van der Waals surface area contributed by atoms with Crippen molar-refractivity contribution >= 4 is 27.6 Å². The molecule has 2 heterocycles. The van der Waals surface area contributed by atoms with E-state index < -0.39 is 34.8 Å². The lowest BCUT2D eigenvalue weighted by atomic mass is 10.2. The van der Waals surface area contributed by atoms with Crippen LogP contribution in [0, 0.1) is 0 Å². The van der Waals surface area contributed by atoms with Crippen LogP contribution in [-0.4, -0.2) is 63.8 Å². The Morgan fingerprint density at radius 2 is 1.79 bits per heavy atom. The van der Waals surface area contributed by atoms with Gasteiger partial charge in [-0.15, -0.1) is 8.78 Å². The number of halogens is 2. The van der Waals surface area contributed by atoms with E-state index in [4.69, 9.17) is 9.47 Å². The predicted octanol–water partition coefficient (Wildman–Crippen LogP) is 1.82. The van der Waals surface area contributed by atoms with Gasteiger partial charge in [-0.25, -0.2) is 13.2 Å². The normalized spacial score (nSPS) is 17.4. The first-order valence-electron chi connectivity index (χ1n) is 9.69. The van der Waals surface area contributed by atoms with Crippen LogP contribution in [0.15, 0.2) is 47.4 Å². The zero-order chi connectivity index (χ0) is 23.6. The Bertz CT molecular complexity index is 1180. The molecule has 1 N–H and O–H groups in total. The molecule has 176 valence electrons. The number of carbonyl (C=O) groups is 2. The molecule has 2 aromatic rings. The van der Waals surface area contributed by atoms with E-state index in [2.05, 4.69) is 14.8 Å². The minimum atomic E-state index is -3.81. The number of sulfonamides is 1. The third-order valence-corrected chi connectivity index (χ3v) is 6.59. The highest BCUT2D eigenvalue weighted by molar-refractivity contribution is 7.89. The second-order valence-corrected chi connectivity index (χ2v) is 8.94. The summed E-state index contributed by atoms with van der Waals surface area (Å²) in [5, 5.41) is 2.37. The van der Waals surface area contributed by atoms with E-state index in [0.717, 1.165) is 6.07 Å². The number of morpholine rings is 1. The zero-order valence-corrected chi connectivity index (χ0v) is 17.8. The summed E-state index contributed by atoms with van der Waals surface area (Å²) in [7, 11) is -3.81. The Labute approximate surface area is 187 Å². The van der Waals surface area contributed by atoms with Crippen molar-refractivity contribution in [2.75, 3.05) is 38.2 Å². The summed E-state index contributed by atoms with van der Waals surface area (Å²) in [4.78, 5) is 24.3. The van der Waals surface area contributed by atoms with Gasteiger partial charge < -0.3 is 24.3 Å². The molecule has 0 aromatic heterocycles. The SMILES string of the molecule is O=C(COC(=O)c1cccc(S(=O)(=O)N2CCOCC2)c1)Nc1ccc2c(c1)OC(F)(F)O2. The number of alkyl halides is 2. The van der Waals surface area contributed by atoms with Crippen molar-refractivity contribution < 1.29 is 45.7 Å². The number of anilines is 1. The second-order valence-electron chi connectivity index (χ2n) is 7.00. The van der Waals surface area contributed by atoms with Crippen LogP contribution in [0.5, 0.6) is 11.5 Å². The van der Waals surface area contributed by atoms with Crippen LogP contribution in [-0.2, 0) is 24.3 Å². The largest absolute Gasteiger partial charge is 0.586 e. The maximum atomic E-state index is 13.1. The molecule has 1 saturated heterocycles. The molecule has 0 radical (unpaired) electrons. The number of nitrogens with one attached hydrogen (secondary N) is 1. The fourth-order valence-electron chi connectivity index (χ4n) is 3.16. The molecule has 2 aliphatic rings. The van der Waals surface area contributed by atoms with Crippen LogP contribution >= 0.6 is 0 Å². The summed E-state index contributed by atoms with van der Waals surface area (Å²) < 4.78 is 71.6. The topological polar surface area (TPSA) is 120 Å². The van der Waals surface area contributed by atoms with Gasteiger partial charge in [0.1, 0.15) is 0 Å². The number of hydrogen-bond acceptors (Lipinski definition) is 8. The van der Waals surface area contributed by atoms with Crippen molar-refractivity contribution in [3.05, 3.63) is 48.0 Å². The summed E-state index contributed by atoms with van der Waals surface area (Å²) in [6.07, 6.45) is -3.79. The molecular weight excluding hydrogens is 466 g/mol. The zero-order valence-electron chi connectivity index (χ0n) is 17.0. The predicted molar refractivity (Wildman–Crippen MR) is 108 cm³/mol. The number of ether oxygens (including phenoxy) is 4. The van der Waals surface area contributed by atoms with Gasteiger partial charge in [-0.3, -0.25) is 4.79 Å². The molecule has 1 amide bonds. The maximum Gasteiger partial charge on any atom is 0.586 e. The number of carbonyl (C=O) groups excluding carboxylic acids is 2. The molecule has 2 aliphatic heterocycles. The lowest BCUT2D eigenvalue weighted by molar-refractivity contribution is -0.286. The van der Waals surface area contributed by atoms with Crippen LogP contribution in [0.3, 0.4) is 0 Å². The molecule has 0 spiro atoms. The first kappa shape index (κ1) is 22.9. The third-order valence-electron chi connectivity index (χ3n) is 4.70. The van der Waals surface area contributed by atoms with E-state index in [-0.39, 0.29) is 53.9 Å². The average Bonchev–Trinajstić information content (AvgIpc) is 3.11. The molecule has 33 heavy (non-hydrogen) atoms. The van der Waals surface area contributed by atoms with Gasteiger partial charge in [0.05, 0.1) is 23.7 Å². The summed E-state index contributed by atoms with van der Waals surface area (Å²) in [5.41, 5.74) is 0.0668. The number of fused-ring (bicyclic) bond motifs is 1. The number of amides is 1. The highest BCUT2D eigenvalue weighted by atomic mass is 32.2. The van der Waals surface area contributed by atoms with Crippen LogP contribution in [0.2, 0.25) is 0 Å². The average molecular weight is 484 g/mol. The minimum Gasteiger partial charge on any atom is -0.452 e. The lowest BCUT2D eigenvalue weighted by Gasteiger charge is -2.26. The first-order chi connectivity index (χ1) is 15.6. The molecule has 0 saturated carbocycles. The fraction of sp³-hybridized carbons (Fsp3) is 0.300. The van der Waals surface area contributed by atoms with Gasteiger partial charge in [-0.05, 0) is 30.3 Å².